The molecule has 0 amide bonds. The highest BCUT2D eigenvalue weighted by Crippen LogP contribution is 2.25. The third-order valence-corrected chi connectivity index (χ3v) is 3.11. The Balaban J connectivity index is 3.01. The number of hydrogen-bond acceptors (Lipinski definition) is 3. The van der Waals surface area contributed by atoms with Gasteiger partial charge in [0.25, 0.3) is 0 Å². The highest BCUT2D eigenvalue weighted by atomic mass is 35.7. The molecule has 0 aliphatic heterocycles. The third-order valence-electron chi connectivity index (χ3n) is 1.95. The molecule has 90 valence electrons. The fourth-order valence-corrected chi connectivity index (χ4v) is 1.92. The van der Waals surface area contributed by atoms with E-state index in [1.807, 2.05) is 0 Å². The van der Waals surface area contributed by atoms with E-state index in [4.69, 9.17) is 10.7 Å². The van der Waals surface area contributed by atoms with Crippen LogP contribution in [0.3, 0.4) is 0 Å². The van der Waals surface area contributed by atoms with Crippen molar-refractivity contribution in [1.82, 2.24) is 0 Å². The Labute approximate surface area is 96.4 Å². The molecule has 3 nitrogen and oxygen atoms in total. The van der Waals surface area contributed by atoms with Crippen molar-refractivity contribution in [1.29, 1.82) is 0 Å². The molecule has 0 bridgehead atoms. The van der Waals surface area contributed by atoms with Crippen molar-refractivity contribution in [2.45, 2.75) is 6.42 Å². The number of hydrogen-bond donors (Lipinski definition) is 0. The molecule has 0 atom stereocenters. The lowest BCUT2D eigenvalue weighted by molar-refractivity contribution is 0.367. The first-order valence-corrected chi connectivity index (χ1v) is 6.76. The zero-order chi connectivity index (χ0) is 12.3. The SMILES string of the molecule is COc1c(CCS(=O)(=O)Cl)ccc(F)c1F. The molecular formula is C9H9ClF2O3S. The summed E-state index contributed by atoms with van der Waals surface area (Å²) in [5.41, 5.74) is 0.255. The Morgan fingerprint density at radius 3 is 2.50 bits per heavy atom. The van der Waals surface area contributed by atoms with E-state index < -0.39 is 20.7 Å². The van der Waals surface area contributed by atoms with Crippen molar-refractivity contribution in [2.75, 3.05) is 12.9 Å². The molecule has 0 N–H and O–H groups in total. The van der Waals surface area contributed by atoms with Crippen LogP contribution in [0.25, 0.3) is 0 Å². The second kappa shape index (κ2) is 4.97. The topological polar surface area (TPSA) is 43.4 Å². The molecular weight excluding hydrogens is 262 g/mol. The van der Waals surface area contributed by atoms with E-state index in [0.29, 0.717) is 0 Å². The molecule has 7 heteroatoms. The molecule has 1 aromatic rings. The first kappa shape index (κ1) is 13.2. The minimum atomic E-state index is -3.67. The van der Waals surface area contributed by atoms with Crippen molar-refractivity contribution in [3.8, 4) is 5.75 Å². The van der Waals surface area contributed by atoms with Crippen molar-refractivity contribution in [3.05, 3.63) is 29.3 Å². The monoisotopic (exact) mass is 270 g/mol. The molecule has 1 aromatic carbocycles. The van der Waals surface area contributed by atoms with Crippen LogP contribution in [0.1, 0.15) is 5.56 Å². The molecule has 0 aliphatic carbocycles. The van der Waals surface area contributed by atoms with Crippen molar-refractivity contribution < 1.29 is 21.9 Å². The Hall–Kier alpha value is -0.880. The average molecular weight is 271 g/mol. The molecule has 0 fully saturated rings. The van der Waals surface area contributed by atoms with Crippen molar-refractivity contribution in [3.63, 3.8) is 0 Å². The zero-order valence-corrected chi connectivity index (χ0v) is 9.91. The lowest BCUT2D eigenvalue weighted by Crippen LogP contribution is -2.04. The van der Waals surface area contributed by atoms with Crippen molar-refractivity contribution >= 4 is 19.7 Å². The van der Waals surface area contributed by atoms with E-state index >= 15 is 0 Å². The van der Waals surface area contributed by atoms with E-state index in [9.17, 15) is 17.2 Å². The molecule has 0 saturated carbocycles. The van der Waals surface area contributed by atoms with E-state index in [2.05, 4.69) is 4.74 Å². The van der Waals surface area contributed by atoms with Gasteiger partial charge in [-0.05, 0) is 18.1 Å². The molecule has 16 heavy (non-hydrogen) atoms. The summed E-state index contributed by atoms with van der Waals surface area (Å²) in [6.07, 6.45) is -0.0355. The summed E-state index contributed by atoms with van der Waals surface area (Å²) < 4.78 is 52.1. The first-order valence-electron chi connectivity index (χ1n) is 4.28. The van der Waals surface area contributed by atoms with Crippen LogP contribution < -0.4 is 4.74 Å². The number of ether oxygens (including phenoxy) is 1. The van der Waals surface area contributed by atoms with Gasteiger partial charge < -0.3 is 4.74 Å². The normalized spacial score (nSPS) is 11.5. The van der Waals surface area contributed by atoms with Gasteiger partial charge in [-0.2, -0.15) is 4.39 Å². The largest absolute Gasteiger partial charge is 0.493 e. The van der Waals surface area contributed by atoms with Gasteiger partial charge in [-0.25, -0.2) is 12.8 Å². The van der Waals surface area contributed by atoms with Gasteiger partial charge in [-0.15, -0.1) is 0 Å². The van der Waals surface area contributed by atoms with Crippen LogP contribution in [0.4, 0.5) is 8.78 Å². The predicted molar refractivity (Wildman–Crippen MR) is 56.3 cm³/mol. The molecule has 0 radical (unpaired) electrons. The fraction of sp³-hybridized carbons (Fsp3) is 0.333. The standard InChI is InChI=1S/C9H9ClF2O3S/c1-15-9-6(4-5-16(10,13)14)2-3-7(11)8(9)12/h2-3H,4-5H2,1H3. The summed E-state index contributed by atoms with van der Waals surface area (Å²) in [6, 6.07) is 2.17. The molecule has 0 aromatic heterocycles. The molecule has 0 aliphatic rings. The minimum absolute atomic E-state index is 0.0355. The summed E-state index contributed by atoms with van der Waals surface area (Å²) in [4.78, 5) is 0. The minimum Gasteiger partial charge on any atom is -0.493 e. The Morgan fingerprint density at radius 1 is 1.38 bits per heavy atom. The van der Waals surface area contributed by atoms with Crippen LogP contribution in [0.2, 0.25) is 0 Å². The number of benzene rings is 1. The molecule has 0 heterocycles. The lowest BCUT2D eigenvalue weighted by atomic mass is 10.1. The highest BCUT2D eigenvalue weighted by molar-refractivity contribution is 8.13. The van der Waals surface area contributed by atoms with Crippen LogP contribution in [-0.2, 0) is 15.5 Å². The second-order valence-corrected chi connectivity index (χ2v) is 5.94. The number of aryl methyl sites for hydroxylation is 1. The quantitative estimate of drug-likeness (QED) is 0.787. The third kappa shape index (κ3) is 3.31. The molecule has 1 rings (SSSR count). The van der Waals surface area contributed by atoms with Gasteiger partial charge in [0.15, 0.2) is 11.6 Å². The van der Waals surface area contributed by atoms with E-state index in [0.717, 1.165) is 6.07 Å². The smallest absolute Gasteiger partial charge is 0.232 e. The average Bonchev–Trinajstić information content (AvgIpc) is 2.18. The number of methoxy groups -OCH3 is 1. The Morgan fingerprint density at radius 2 is 2.00 bits per heavy atom. The Kier molecular flexibility index (Phi) is 4.09. The Bertz CT molecular complexity index is 488. The van der Waals surface area contributed by atoms with E-state index in [1.54, 1.807) is 0 Å². The predicted octanol–water partition coefficient (Wildman–Crippen LogP) is 2.08. The maximum absolute atomic E-state index is 13.2. The summed E-state index contributed by atoms with van der Waals surface area (Å²) in [6.45, 7) is 0. The summed E-state index contributed by atoms with van der Waals surface area (Å²) in [5, 5.41) is 0. The van der Waals surface area contributed by atoms with Crippen LogP contribution >= 0.6 is 10.7 Å². The van der Waals surface area contributed by atoms with Gasteiger partial charge in [0.2, 0.25) is 14.9 Å². The van der Waals surface area contributed by atoms with Crippen LogP contribution in [0.5, 0.6) is 5.75 Å². The fourth-order valence-electron chi connectivity index (χ4n) is 1.22. The van der Waals surface area contributed by atoms with Gasteiger partial charge in [-0.3, -0.25) is 0 Å². The number of halogens is 3. The van der Waals surface area contributed by atoms with Crippen LogP contribution in [-0.4, -0.2) is 21.3 Å². The molecule has 0 spiro atoms. The second-order valence-electron chi connectivity index (χ2n) is 3.05. The lowest BCUT2D eigenvalue weighted by Gasteiger charge is -2.08. The molecule has 0 saturated heterocycles. The van der Waals surface area contributed by atoms with Gasteiger partial charge >= 0.3 is 0 Å². The number of rotatable bonds is 4. The van der Waals surface area contributed by atoms with Gasteiger partial charge in [0, 0.05) is 10.7 Å². The van der Waals surface area contributed by atoms with Gasteiger partial charge in [0.1, 0.15) is 0 Å². The van der Waals surface area contributed by atoms with Crippen LogP contribution in [0, 0.1) is 11.6 Å². The summed E-state index contributed by atoms with van der Waals surface area (Å²) in [7, 11) is 2.52. The zero-order valence-electron chi connectivity index (χ0n) is 8.34. The summed E-state index contributed by atoms with van der Waals surface area (Å²) in [5.74, 6) is -2.84. The first-order chi connectivity index (χ1) is 7.35. The van der Waals surface area contributed by atoms with E-state index in [1.165, 1.54) is 13.2 Å². The summed E-state index contributed by atoms with van der Waals surface area (Å²) >= 11 is 0. The van der Waals surface area contributed by atoms with Crippen molar-refractivity contribution in [2.24, 2.45) is 0 Å². The van der Waals surface area contributed by atoms with Crippen LogP contribution in [0.15, 0.2) is 12.1 Å². The van der Waals surface area contributed by atoms with E-state index in [-0.39, 0.29) is 23.5 Å². The highest BCUT2D eigenvalue weighted by Gasteiger charge is 2.15. The molecule has 0 unspecified atom stereocenters. The maximum Gasteiger partial charge on any atom is 0.232 e. The van der Waals surface area contributed by atoms with Gasteiger partial charge in [0.05, 0.1) is 12.9 Å². The van der Waals surface area contributed by atoms with Gasteiger partial charge in [-0.1, -0.05) is 6.07 Å². The maximum atomic E-state index is 13.2.